The zero-order valence-electron chi connectivity index (χ0n) is 8.46. The van der Waals surface area contributed by atoms with E-state index in [1.807, 2.05) is 0 Å². The van der Waals surface area contributed by atoms with E-state index in [1.165, 1.54) is 6.92 Å². The van der Waals surface area contributed by atoms with Crippen LogP contribution in [0.4, 0.5) is 0 Å². The molecular weight excluding hydrogens is 238 g/mol. The second-order valence-electron chi connectivity index (χ2n) is 2.94. The fraction of sp³-hybridized carbons (Fsp3) is 0.222. The molecule has 0 bridgehead atoms. The van der Waals surface area contributed by atoms with Gasteiger partial charge in [-0.1, -0.05) is 11.6 Å². The number of esters is 1. The van der Waals surface area contributed by atoms with Crippen LogP contribution < -0.4 is 0 Å². The summed E-state index contributed by atoms with van der Waals surface area (Å²) in [5.41, 5.74) is -0.154. The van der Waals surface area contributed by atoms with Gasteiger partial charge in [0, 0.05) is 5.69 Å². The highest BCUT2D eigenvalue weighted by Gasteiger charge is 2.27. The smallest absolute Gasteiger partial charge is 0.377 e. The Bertz CT molecular complexity index is 476. The molecule has 1 aromatic rings. The van der Waals surface area contributed by atoms with E-state index in [2.05, 4.69) is 9.72 Å². The van der Waals surface area contributed by atoms with Crippen LogP contribution in [0.25, 0.3) is 0 Å². The number of nitrogens with one attached hydrogen (secondary N) is 1. The third kappa shape index (κ3) is 1.92. The van der Waals surface area contributed by atoms with Gasteiger partial charge >= 0.3 is 11.9 Å². The van der Waals surface area contributed by atoms with Gasteiger partial charge in [0.2, 0.25) is 0 Å². The average Bonchev–Trinajstić information content (AvgIpc) is 2.52. The van der Waals surface area contributed by atoms with E-state index in [9.17, 15) is 14.4 Å². The van der Waals surface area contributed by atoms with Crippen molar-refractivity contribution in [1.29, 1.82) is 0 Å². The lowest BCUT2D eigenvalue weighted by Crippen LogP contribution is -2.13. The first-order valence-electron chi connectivity index (χ1n) is 4.14. The highest BCUT2D eigenvalue weighted by atomic mass is 35.5. The topological polar surface area (TPSA) is 96.5 Å². The van der Waals surface area contributed by atoms with E-state index in [-0.39, 0.29) is 22.0 Å². The Morgan fingerprint density at radius 1 is 1.38 bits per heavy atom. The maximum Gasteiger partial charge on any atom is 0.377 e. The molecule has 7 heteroatoms. The molecule has 1 rings (SSSR count). The summed E-state index contributed by atoms with van der Waals surface area (Å²) in [6.45, 7) is 1.44. The van der Waals surface area contributed by atoms with Crippen LogP contribution in [-0.4, -0.2) is 34.9 Å². The minimum absolute atomic E-state index is 0.133. The number of methoxy groups -OCH3 is 1. The zero-order valence-corrected chi connectivity index (χ0v) is 9.21. The number of carboxylic acid groups (broad SMARTS) is 1. The average molecular weight is 246 g/mol. The van der Waals surface area contributed by atoms with Crippen LogP contribution in [0.5, 0.6) is 0 Å². The molecule has 0 aliphatic heterocycles. The Kier molecular flexibility index (Phi) is 3.34. The van der Waals surface area contributed by atoms with Gasteiger partial charge in [-0.2, -0.15) is 0 Å². The van der Waals surface area contributed by atoms with Crippen LogP contribution in [0.15, 0.2) is 0 Å². The highest BCUT2D eigenvalue weighted by molar-refractivity contribution is 6.46. The van der Waals surface area contributed by atoms with E-state index < -0.39 is 17.7 Å². The van der Waals surface area contributed by atoms with Gasteiger partial charge in [0.15, 0.2) is 0 Å². The Balaban J connectivity index is 3.33. The van der Waals surface area contributed by atoms with Crippen molar-refractivity contribution in [2.75, 3.05) is 7.11 Å². The monoisotopic (exact) mass is 245 g/mol. The van der Waals surface area contributed by atoms with Crippen molar-refractivity contribution in [3.63, 3.8) is 0 Å². The summed E-state index contributed by atoms with van der Waals surface area (Å²) in [5, 5.41) is 8.31. The Morgan fingerprint density at radius 3 is 2.38 bits per heavy atom. The molecule has 0 unspecified atom stereocenters. The molecule has 0 spiro atoms. The van der Waals surface area contributed by atoms with Crippen LogP contribution in [0.2, 0.25) is 5.02 Å². The Hall–Kier alpha value is -1.82. The fourth-order valence-electron chi connectivity index (χ4n) is 1.21. The largest absolute Gasteiger partial charge is 0.475 e. The molecule has 6 nitrogen and oxygen atoms in total. The van der Waals surface area contributed by atoms with Gasteiger partial charge in [0.1, 0.15) is 5.69 Å². The van der Waals surface area contributed by atoms with Crippen molar-refractivity contribution in [2.45, 2.75) is 6.92 Å². The molecule has 0 fully saturated rings. The number of aliphatic carboxylic acids is 1. The van der Waals surface area contributed by atoms with E-state index in [4.69, 9.17) is 16.7 Å². The maximum atomic E-state index is 11.3. The van der Waals surface area contributed by atoms with Crippen LogP contribution in [0.1, 0.15) is 26.5 Å². The normalized spacial score (nSPS) is 9.94. The van der Waals surface area contributed by atoms with Gasteiger partial charge in [-0.05, 0) is 6.92 Å². The highest BCUT2D eigenvalue weighted by Crippen LogP contribution is 2.25. The van der Waals surface area contributed by atoms with E-state index in [0.717, 1.165) is 7.11 Å². The number of carbonyl (C=O) groups is 3. The molecule has 16 heavy (non-hydrogen) atoms. The lowest BCUT2D eigenvalue weighted by Gasteiger charge is -1.96. The summed E-state index contributed by atoms with van der Waals surface area (Å²) in [6, 6.07) is 0. The molecule has 0 amide bonds. The summed E-state index contributed by atoms with van der Waals surface area (Å²) in [6.07, 6.45) is 0. The van der Waals surface area contributed by atoms with Crippen LogP contribution in [-0.2, 0) is 9.53 Å². The minimum atomic E-state index is -1.64. The number of rotatable bonds is 3. The summed E-state index contributed by atoms with van der Waals surface area (Å²) >= 11 is 5.73. The predicted octanol–water partition coefficient (Wildman–Crippen LogP) is 1.03. The molecule has 0 atom stereocenters. The summed E-state index contributed by atoms with van der Waals surface area (Å²) in [5.74, 6) is -3.58. The number of aromatic nitrogens is 1. The molecule has 2 N–H and O–H groups in total. The quantitative estimate of drug-likeness (QED) is 0.471. The Morgan fingerprint density at radius 2 is 1.94 bits per heavy atom. The summed E-state index contributed by atoms with van der Waals surface area (Å²) in [7, 11) is 1.15. The first-order chi connectivity index (χ1) is 7.40. The number of hydrogen-bond acceptors (Lipinski definition) is 4. The predicted molar refractivity (Wildman–Crippen MR) is 53.8 cm³/mol. The number of ether oxygens (including phenoxy) is 1. The van der Waals surface area contributed by atoms with Crippen molar-refractivity contribution >= 4 is 29.3 Å². The van der Waals surface area contributed by atoms with Crippen molar-refractivity contribution in [2.24, 2.45) is 0 Å². The second kappa shape index (κ2) is 4.36. The first kappa shape index (κ1) is 12.3. The Labute approximate surface area is 95.2 Å². The lowest BCUT2D eigenvalue weighted by atomic mass is 10.1. The van der Waals surface area contributed by atoms with Crippen molar-refractivity contribution < 1.29 is 24.2 Å². The number of ketones is 1. The van der Waals surface area contributed by atoms with Crippen molar-refractivity contribution in [1.82, 2.24) is 4.98 Å². The van der Waals surface area contributed by atoms with Crippen LogP contribution >= 0.6 is 11.6 Å². The van der Waals surface area contributed by atoms with Gasteiger partial charge < -0.3 is 14.8 Å². The summed E-state index contributed by atoms with van der Waals surface area (Å²) < 4.78 is 4.41. The summed E-state index contributed by atoms with van der Waals surface area (Å²) in [4.78, 5) is 35.5. The lowest BCUT2D eigenvalue weighted by molar-refractivity contribution is -0.131. The number of carboxylic acids is 1. The van der Waals surface area contributed by atoms with E-state index in [0.29, 0.717) is 0 Å². The number of carbonyl (C=O) groups excluding carboxylic acids is 2. The van der Waals surface area contributed by atoms with Gasteiger partial charge in [0.25, 0.3) is 5.78 Å². The molecule has 0 aliphatic rings. The van der Waals surface area contributed by atoms with Gasteiger partial charge in [-0.25, -0.2) is 9.59 Å². The fourth-order valence-corrected chi connectivity index (χ4v) is 1.57. The number of aryl methyl sites for hydroxylation is 1. The molecule has 0 aromatic carbocycles. The standard InChI is InChI=1S/C9H8ClNO5/c1-3-4(7(12)8(13)14)5(10)6(11-3)9(15)16-2/h11H,1-2H3,(H,13,14). The molecule has 0 radical (unpaired) electrons. The molecular formula is C9H8ClNO5. The third-order valence-corrected chi connectivity index (χ3v) is 2.32. The molecule has 0 saturated carbocycles. The molecule has 1 heterocycles. The number of hydrogen-bond donors (Lipinski definition) is 2. The number of aromatic amines is 1. The van der Waals surface area contributed by atoms with E-state index in [1.54, 1.807) is 0 Å². The van der Waals surface area contributed by atoms with Gasteiger partial charge in [-0.3, -0.25) is 4.79 Å². The van der Waals surface area contributed by atoms with Crippen molar-refractivity contribution in [3.05, 3.63) is 22.0 Å². The van der Waals surface area contributed by atoms with E-state index >= 15 is 0 Å². The van der Waals surface area contributed by atoms with Crippen LogP contribution in [0, 0.1) is 6.92 Å². The van der Waals surface area contributed by atoms with Gasteiger partial charge in [-0.15, -0.1) is 0 Å². The molecule has 0 saturated heterocycles. The molecule has 1 aromatic heterocycles. The molecule has 0 aliphatic carbocycles. The number of Topliss-reactive ketones (excluding diaryl/α,β-unsaturated/α-hetero) is 1. The second-order valence-corrected chi connectivity index (χ2v) is 3.32. The SMILES string of the molecule is COC(=O)c1[nH]c(C)c(C(=O)C(=O)O)c1Cl. The number of halogens is 1. The zero-order chi connectivity index (χ0) is 12.5. The maximum absolute atomic E-state index is 11.3. The first-order valence-corrected chi connectivity index (χ1v) is 4.52. The third-order valence-electron chi connectivity index (χ3n) is 1.94. The minimum Gasteiger partial charge on any atom is -0.475 e. The van der Waals surface area contributed by atoms with Gasteiger partial charge in [0.05, 0.1) is 17.7 Å². The van der Waals surface area contributed by atoms with Crippen molar-refractivity contribution in [3.8, 4) is 0 Å². The molecule has 86 valence electrons. The van der Waals surface area contributed by atoms with Crippen LogP contribution in [0.3, 0.4) is 0 Å². The number of H-pyrrole nitrogens is 1.